The third kappa shape index (κ3) is 5.34. The molecule has 0 bridgehead atoms. The maximum atomic E-state index is 7.02. The Balaban J connectivity index is 0.965. The molecule has 3 aliphatic carbocycles. The van der Waals surface area contributed by atoms with Crippen molar-refractivity contribution in [2.24, 2.45) is 0 Å². The molecular formula is C68H53NO. The number of benzene rings is 10. The molecule has 0 radical (unpaired) electrons. The van der Waals surface area contributed by atoms with Crippen molar-refractivity contribution in [1.82, 2.24) is 0 Å². The third-order valence-electron chi connectivity index (χ3n) is 17.0. The van der Waals surface area contributed by atoms with Crippen molar-refractivity contribution >= 4 is 27.8 Å². The highest BCUT2D eigenvalue weighted by Gasteiger charge is 2.54. The van der Waals surface area contributed by atoms with Crippen LogP contribution in [0.1, 0.15) is 97.2 Å². The van der Waals surface area contributed by atoms with Crippen molar-refractivity contribution in [2.45, 2.75) is 63.2 Å². The standard InChI is InChI=1S/C68H53NO/c1-65(2)53-23-11-9-20-49(53)51-37-35-45(40-60(51)65)69(46-36-38-52-50-21-10-12-24-54(50)66(3,4)61(52)41-46)44-33-30-43(31-34-44)47-22-17-28-58-63(47)67(5,6)55-25-13-14-26-56(55)68(58)57-27-15-16-29-62(57)70-64-48-19-8-7-18-42(48)32-39-59(64)68/h7-41H,1-6H3. The van der Waals surface area contributed by atoms with E-state index < -0.39 is 5.41 Å². The molecule has 0 N–H and O–H groups in total. The first-order valence-electron chi connectivity index (χ1n) is 24.9. The lowest BCUT2D eigenvalue weighted by Crippen LogP contribution is -2.43. The van der Waals surface area contributed by atoms with Crippen molar-refractivity contribution in [2.75, 3.05) is 4.90 Å². The first-order valence-corrected chi connectivity index (χ1v) is 24.9. The zero-order chi connectivity index (χ0) is 47.3. The highest BCUT2D eigenvalue weighted by Crippen LogP contribution is 2.64. The minimum absolute atomic E-state index is 0.132. The second-order valence-corrected chi connectivity index (χ2v) is 21.6. The molecule has 0 saturated carbocycles. The second-order valence-electron chi connectivity index (χ2n) is 21.6. The summed E-state index contributed by atoms with van der Waals surface area (Å²) in [6, 6.07) is 79.8. The van der Waals surface area contributed by atoms with Gasteiger partial charge in [0, 0.05) is 49.8 Å². The quantitative estimate of drug-likeness (QED) is 0.174. The van der Waals surface area contributed by atoms with Crippen molar-refractivity contribution in [3.05, 3.63) is 268 Å². The van der Waals surface area contributed by atoms with Crippen LogP contribution in [0, 0.1) is 0 Å². The van der Waals surface area contributed by atoms with Crippen LogP contribution < -0.4 is 9.64 Å². The Morgan fingerprint density at radius 2 is 0.829 bits per heavy atom. The fourth-order valence-electron chi connectivity index (χ4n) is 13.7. The van der Waals surface area contributed by atoms with E-state index in [0.717, 1.165) is 33.9 Å². The molecule has 70 heavy (non-hydrogen) atoms. The zero-order valence-electron chi connectivity index (χ0n) is 40.6. The van der Waals surface area contributed by atoms with E-state index >= 15 is 0 Å². The van der Waals surface area contributed by atoms with Gasteiger partial charge in [0.1, 0.15) is 11.5 Å². The molecule has 2 nitrogen and oxygen atoms in total. The van der Waals surface area contributed by atoms with E-state index in [9.17, 15) is 0 Å². The van der Waals surface area contributed by atoms with Gasteiger partial charge < -0.3 is 9.64 Å². The van der Waals surface area contributed by atoms with Crippen LogP contribution in [0.25, 0.3) is 44.2 Å². The van der Waals surface area contributed by atoms with Crippen LogP contribution in [0.3, 0.4) is 0 Å². The average Bonchev–Trinajstić information content (AvgIpc) is 3.76. The van der Waals surface area contributed by atoms with E-state index in [-0.39, 0.29) is 16.2 Å². The minimum atomic E-state index is -0.621. The topological polar surface area (TPSA) is 12.5 Å². The van der Waals surface area contributed by atoms with E-state index in [0.29, 0.717) is 0 Å². The smallest absolute Gasteiger partial charge is 0.140 e. The van der Waals surface area contributed by atoms with Crippen LogP contribution in [0.2, 0.25) is 0 Å². The molecule has 1 heterocycles. The number of ether oxygens (including phenoxy) is 1. The summed E-state index contributed by atoms with van der Waals surface area (Å²) in [5.41, 5.74) is 23.1. The molecule has 1 atom stereocenters. The summed E-state index contributed by atoms with van der Waals surface area (Å²) in [5, 5.41) is 2.30. The lowest BCUT2D eigenvalue weighted by atomic mass is 9.52. The lowest BCUT2D eigenvalue weighted by molar-refractivity contribution is 0.430. The summed E-state index contributed by atoms with van der Waals surface area (Å²) < 4.78 is 7.02. The predicted octanol–water partition coefficient (Wildman–Crippen LogP) is 17.7. The summed E-state index contributed by atoms with van der Waals surface area (Å²) in [6.45, 7) is 14.3. The van der Waals surface area contributed by atoms with Gasteiger partial charge in [-0.3, -0.25) is 0 Å². The molecule has 1 aliphatic heterocycles. The average molecular weight is 900 g/mol. The van der Waals surface area contributed by atoms with Crippen LogP contribution in [-0.4, -0.2) is 0 Å². The molecule has 0 amide bonds. The molecule has 4 aliphatic rings. The number of rotatable bonds is 4. The Morgan fingerprint density at radius 1 is 0.329 bits per heavy atom. The van der Waals surface area contributed by atoms with Crippen molar-refractivity contribution in [3.8, 4) is 44.9 Å². The molecular weight excluding hydrogens is 847 g/mol. The number of nitrogens with zero attached hydrogens (tertiary/aromatic N) is 1. The monoisotopic (exact) mass is 899 g/mol. The van der Waals surface area contributed by atoms with E-state index in [4.69, 9.17) is 4.74 Å². The molecule has 10 aromatic rings. The Kier molecular flexibility index (Phi) is 8.40. The van der Waals surface area contributed by atoms with Gasteiger partial charge in [0.25, 0.3) is 0 Å². The summed E-state index contributed by atoms with van der Waals surface area (Å²) in [5.74, 6) is 1.84. The summed E-state index contributed by atoms with van der Waals surface area (Å²) in [7, 11) is 0. The predicted molar refractivity (Wildman–Crippen MR) is 290 cm³/mol. The second kappa shape index (κ2) is 14.3. The molecule has 1 unspecified atom stereocenters. The Bertz CT molecular complexity index is 3740. The van der Waals surface area contributed by atoms with E-state index in [2.05, 4.69) is 259 Å². The molecule has 2 heteroatoms. The number of anilines is 3. The van der Waals surface area contributed by atoms with Gasteiger partial charge >= 0.3 is 0 Å². The van der Waals surface area contributed by atoms with Gasteiger partial charge in [-0.25, -0.2) is 0 Å². The highest BCUT2D eigenvalue weighted by molar-refractivity contribution is 5.94. The molecule has 0 aromatic heterocycles. The van der Waals surface area contributed by atoms with Gasteiger partial charge in [-0.2, -0.15) is 0 Å². The maximum absolute atomic E-state index is 7.02. The molecule has 0 saturated heterocycles. The maximum Gasteiger partial charge on any atom is 0.140 e. The van der Waals surface area contributed by atoms with Crippen molar-refractivity contribution < 1.29 is 4.74 Å². The Morgan fingerprint density at radius 3 is 1.49 bits per heavy atom. The number of hydrogen-bond acceptors (Lipinski definition) is 2. The third-order valence-corrected chi connectivity index (χ3v) is 17.0. The van der Waals surface area contributed by atoms with Gasteiger partial charge in [-0.05, 0) is 126 Å². The SMILES string of the molecule is CC1(C)c2ccccc2-c2ccc(N(c3ccc(-c4cccc5c4C(C)(C)c4ccccc4C54c5ccccc5Oc5c4ccc4ccccc54)cc3)c3ccc4c(c3)C(C)(C)c3ccccc3-4)cc21. The Labute approximate surface area is 411 Å². The fraction of sp³-hybridized carbons (Fsp3) is 0.147. The largest absolute Gasteiger partial charge is 0.456 e. The van der Waals surface area contributed by atoms with Gasteiger partial charge in [0.2, 0.25) is 0 Å². The summed E-state index contributed by atoms with van der Waals surface area (Å²) in [4.78, 5) is 2.48. The highest BCUT2D eigenvalue weighted by atomic mass is 16.5. The number of hydrogen-bond donors (Lipinski definition) is 0. The van der Waals surface area contributed by atoms with Crippen molar-refractivity contribution in [1.29, 1.82) is 0 Å². The fourth-order valence-corrected chi connectivity index (χ4v) is 13.7. The van der Waals surface area contributed by atoms with Crippen LogP contribution in [0.4, 0.5) is 17.1 Å². The lowest BCUT2D eigenvalue weighted by Gasteiger charge is -2.50. The molecule has 0 fully saturated rings. The van der Waals surface area contributed by atoms with Gasteiger partial charge in [-0.15, -0.1) is 0 Å². The van der Waals surface area contributed by atoms with Crippen LogP contribution >= 0.6 is 0 Å². The van der Waals surface area contributed by atoms with Crippen molar-refractivity contribution in [3.63, 3.8) is 0 Å². The van der Waals surface area contributed by atoms with Gasteiger partial charge in [-0.1, -0.05) is 211 Å². The summed E-state index contributed by atoms with van der Waals surface area (Å²) in [6.07, 6.45) is 0. The number of para-hydroxylation sites is 1. The van der Waals surface area contributed by atoms with E-state index in [1.165, 1.54) is 94.4 Å². The van der Waals surface area contributed by atoms with Crippen LogP contribution in [-0.2, 0) is 21.7 Å². The molecule has 336 valence electrons. The first-order chi connectivity index (χ1) is 34.0. The first kappa shape index (κ1) is 41.1. The van der Waals surface area contributed by atoms with E-state index in [1.807, 2.05) is 0 Å². The van der Waals surface area contributed by atoms with Gasteiger partial charge in [0.05, 0.1) is 5.41 Å². The summed E-state index contributed by atoms with van der Waals surface area (Å²) >= 11 is 0. The normalized spacial score (nSPS) is 17.5. The zero-order valence-corrected chi connectivity index (χ0v) is 40.6. The molecule has 10 aromatic carbocycles. The molecule has 1 spiro atoms. The molecule has 14 rings (SSSR count). The van der Waals surface area contributed by atoms with Crippen LogP contribution in [0.5, 0.6) is 11.5 Å². The van der Waals surface area contributed by atoms with Gasteiger partial charge in [0.15, 0.2) is 0 Å². The van der Waals surface area contributed by atoms with E-state index in [1.54, 1.807) is 0 Å². The minimum Gasteiger partial charge on any atom is -0.456 e. The number of fused-ring (bicyclic) bond motifs is 16. The van der Waals surface area contributed by atoms with Crippen LogP contribution in [0.15, 0.2) is 212 Å². The Hall–Kier alpha value is -7.94.